The molecule has 0 spiro atoms. The van der Waals surface area contributed by atoms with Crippen molar-refractivity contribution in [3.63, 3.8) is 0 Å². The van der Waals surface area contributed by atoms with Crippen LogP contribution in [0, 0.1) is 5.92 Å². The molecule has 1 saturated heterocycles. The summed E-state index contributed by atoms with van der Waals surface area (Å²) in [6, 6.07) is 2.55. The molecule has 0 N–H and O–H groups in total. The van der Waals surface area contributed by atoms with Crippen LogP contribution in [0.4, 0.5) is 19.0 Å². The van der Waals surface area contributed by atoms with Crippen LogP contribution in [-0.4, -0.2) is 32.6 Å². The molecule has 0 aliphatic carbocycles. The van der Waals surface area contributed by atoms with E-state index in [1.54, 1.807) is 17.0 Å². The summed E-state index contributed by atoms with van der Waals surface area (Å²) in [5, 5.41) is 0. The Hall–Kier alpha value is -2.45. The maximum absolute atomic E-state index is 12.8. The van der Waals surface area contributed by atoms with Gasteiger partial charge in [0.15, 0.2) is 0 Å². The van der Waals surface area contributed by atoms with Crippen molar-refractivity contribution >= 4 is 5.82 Å². The molecule has 9 heteroatoms. The average molecular weight is 381 g/mol. The Labute approximate surface area is 155 Å². The second kappa shape index (κ2) is 7.66. The Kier molecular flexibility index (Phi) is 5.48. The minimum absolute atomic E-state index is 0.0678. The van der Waals surface area contributed by atoms with Gasteiger partial charge in [0.05, 0.1) is 12.0 Å². The molecule has 2 aromatic heterocycles. The topological polar surface area (TPSA) is 63.9 Å². The molecule has 1 aliphatic heterocycles. The van der Waals surface area contributed by atoms with Crippen molar-refractivity contribution in [2.24, 2.45) is 5.92 Å². The van der Waals surface area contributed by atoms with Crippen LogP contribution in [0.5, 0.6) is 0 Å². The van der Waals surface area contributed by atoms with Crippen LogP contribution in [0.15, 0.2) is 29.6 Å². The van der Waals surface area contributed by atoms with Gasteiger partial charge in [-0.15, -0.1) is 0 Å². The van der Waals surface area contributed by atoms with Gasteiger partial charge < -0.3 is 4.90 Å². The maximum atomic E-state index is 12.8. The smallest absolute Gasteiger partial charge is 0.356 e. The number of piperidine rings is 1. The fourth-order valence-electron chi connectivity index (χ4n) is 3.19. The molecular formula is C18H22F3N5O. The van der Waals surface area contributed by atoms with Gasteiger partial charge in [-0.05, 0) is 24.7 Å². The van der Waals surface area contributed by atoms with E-state index < -0.39 is 11.9 Å². The minimum Gasteiger partial charge on any atom is -0.356 e. The minimum atomic E-state index is -4.48. The van der Waals surface area contributed by atoms with Gasteiger partial charge in [0, 0.05) is 31.8 Å². The van der Waals surface area contributed by atoms with Crippen molar-refractivity contribution in [1.29, 1.82) is 0 Å². The predicted octanol–water partition coefficient (Wildman–Crippen LogP) is 3.09. The molecule has 0 aromatic carbocycles. The Bertz CT molecular complexity index is 841. The van der Waals surface area contributed by atoms with E-state index >= 15 is 0 Å². The first-order valence-corrected chi connectivity index (χ1v) is 8.94. The van der Waals surface area contributed by atoms with Crippen LogP contribution < -0.4 is 10.5 Å². The summed E-state index contributed by atoms with van der Waals surface area (Å²) in [4.78, 5) is 25.7. The van der Waals surface area contributed by atoms with Gasteiger partial charge in [-0.2, -0.15) is 13.2 Å². The molecule has 0 amide bonds. The lowest BCUT2D eigenvalue weighted by atomic mass is 9.96. The van der Waals surface area contributed by atoms with E-state index in [2.05, 4.69) is 15.0 Å². The fourth-order valence-corrected chi connectivity index (χ4v) is 3.19. The molecule has 0 saturated carbocycles. The molecule has 1 aliphatic rings. The van der Waals surface area contributed by atoms with Gasteiger partial charge in [-0.25, -0.2) is 15.0 Å². The van der Waals surface area contributed by atoms with E-state index in [1.165, 1.54) is 0 Å². The van der Waals surface area contributed by atoms with Gasteiger partial charge in [-0.1, -0.05) is 13.8 Å². The van der Waals surface area contributed by atoms with Crippen LogP contribution in [0.3, 0.4) is 0 Å². The van der Waals surface area contributed by atoms with E-state index in [9.17, 15) is 18.0 Å². The zero-order valence-corrected chi connectivity index (χ0v) is 15.3. The van der Waals surface area contributed by atoms with E-state index in [0.29, 0.717) is 19.6 Å². The van der Waals surface area contributed by atoms with Gasteiger partial charge in [0.25, 0.3) is 5.56 Å². The van der Waals surface area contributed by atoms with Gasteiger partial charge in [0.1, 0.15) is 17.8 Å². The first kappa shape index (κ1) is 19.3. The molecule has 146 valence electrons. The zero-order valence-electron chi connectivity index (χ0n) is 15.3. The average Bonchev–Trinajstić information content (AvgIpc) is 2.63. The van der Waals surface area contributed by atoms with Gasteiger partial charge >= 0.3 is 6.18 Å². The second-order valence-electron chi connectivity index (χ2n) is 7.15. The molecule has 27 heavy (non-hydrogen) atoms. The van der Waals surface area contributed by atoms with Crippen molar-refractivity contribution < 1.29 is 13.2 Å². The van der Waals surface area contributed by atoms with Crippen LogP contribution in [-0.2, 0) is 12.7 Å². The third kappa shape index (κ3) is 4.64. The number of nitrogens with zero attached hydrogens (tertiary/aromatic N) is 5. The number of hydrogen-bond acceptors (Lipinski definition) is 5. The molecule has 6 nitrogen and oxygen atoms in total. The number of rotatable bonds is 4. The lowest BCUT2D eigenvalue weighted by molar-refractivity contribution is -0.141. The Morgan fingerprint density at radius 3 is 2.44 bits per heavy atom. The first-order valence-electron chi connectivity index (χ1n) is 8.94. The Balaban J connectivity index is 1.62. The number of hydrogen-bond donors (Lipinski definition) is 0. The maximum Gasteiger partial charge on any atom is 0.433 e. The molecule has 3 rings (SSSR count). The van der Waals surface area contributed by atoms with E-state index in [4.69, 9.17) is 0 Å². The summed E-state index contributed by atoms with van der Waals surface area (Å²) >= 11 is 0. The standard InChI is InChI=1S/C18H22F3N5O/c1-12(2)14-7-17(27)26(11-24-14)9-13-3-5-25(6-4-13)16-8-15(18(19,20)21)22-10-23-16/h7-8,10-13H,3-6,9H2,1-2H3. The molecule has 1 fully saturated rings. The molecule has 2 aromatic rings. The van der Waals surface area contributed by atoms with Crippen molar-refractivity contribution in [2.75, 3.05) is 18.0 Å². The highest BCUT2D eigenvalue weighted by Gasteiger charge is 2.33. The van der Waals surface area contributed by atoms with E-state index in [-0.39, 0.29) is 23.2 Å². The summed E-state index contributed by atoms with van der Waals surface area (Å²) in [5.41, 5.74) is -0.227. The fraction of sp³-hybridized carbons (Fsp3) is 0.556. The highest BCUT2D eigenvalue weighted by Crippen LogP contribution is 2.30. The van der Waals surface area contributed by atoms with Crippen molar-refractivity contribution in [3.05, 3.63) is 46.5 Å². The summed E-state index contributed by atoms with van der Waals surface area (Å²) in [6.07, 6.45) is -0.407. The third-order valence-electron chi connectivity index (χ3n) is 4.83. The molecule has 3 heterocycles. The quantitative estimate of drug-likeness (QED) is 0.814. The van der Waals surface area contributed by atoms with Crippen molar-refractivity contribution in [3.8, 4) is 0 Å². The predicted molar refractivity (Wildman–Crippen MR) is 94.6 cm³/mol. The largest absolute Gasteiger partial charge is 0.433 e. The first-order chi connectivity index (χ1) is 12.7. The highest BCUT2D eigenvalue weighted by atomic mass is 19.4. The van der Waals surface area contributed by atoms with Gasteiger partial charge in [-0.3, -0.25) is 9.36 Å². The zero-order chi connectivity index (χ0) is 19.6. The van der Waals surface area contributed by atoms with Crippen molar-refractivity contribution in [2.45, 2.75) is 45.3 Å². The summed E-state index contributed by atoms with van der Waals surface area (Å²) in [6.45, 7) is 5.71. The van der Waals surface area contributed by atoms with Crippen LogP contribution in [0.1, 0.15) is 44.0 Å². The number of anilines is 1. The molecule has 0 atom stereocenters. The summed E-state index contributed by atoms with van der Waals surface area (Å²) < 4.78 is 40.0. The summed E-state index contributed by atoms with van der Waals surface area (Å²) in [7, 11) is 0. The SMILES string of the molecule is CC(C)c1cc(=O)n(CC2CCN(c3cc(C(F)(F)F)ncn3)CC2)cn1. The van der Waals surface area contributed by atoms with Crippen LogP contribution in [0.25, 0.3) is 0 Å². The van der Waals surface area contributed by atoms with Gasteiger partial charge in [0.2, 0.25) is 0 Å². The van der Waals surface area contributed by atoms with Crippen LogP contribution in [0.2, 0.25) is 0 Å². The van der Waals surface area contributed by atoms with Crippen molar-refractivity contribution in [1.82, 2.24) is 19.5 Å². The normalized spacial score (nSPS) is 16.1. The van der Waals surface area contributed by atoms with Crippen LogP contribution >= 0.6 is 0 Å². The second-order valence-corrected chi connectivity index (χ2v) is 7.15. The van der Waals surface area contributed by atoms with E-state index in [1.807, 2.05) is 18.7 Å². The number of halogens is 3. The molecule has 0 radical (unpaired) electrons. The monoisotopic (exact) mass is 381 g/mol. The third-order valence-corrected chi connectivity index (χ3v) is 4.83. The Morgan fingerprint density at radius 2 is 1.85 bits per heavy atom. The Morgan fingerprint density at radius 1 is 1.15 bits per heavy atom. The number of alkyl halides is 3. The van der Waals surface area contributed by atoms with E-state index in [0.717, 1.165) is 30.9 Å². The number of aromatic nitrogens is 4. The molecule has 0 unspecified atom stereocenters. The summed E-state index contributed by atoms with van der Waals surface area (Å²) in [5.74, 6) is 0.760. The molecule has 0 bridgehead atoms. The lowest BCUT2D eigenvalue weighted by Crippen LogP contribution is -2.37. The molecular weight excluding hydrogens is 359 g/mol. The lowest BCUT2D eigenvalue weighted by Gasteiger charge is -2.33. The highest BCUT2D eigenvalue weighted by molar-refractivity contribution is 5.39.